The largest absolute Gasteiger partial charge is 0.459 e. The third-order valence-electron chi connectivity index (χ3n) is 4.98. The first-order chi connectivity index (χ1) is 14.9. The molecule has 1 amide bonds. The van der Waals surface area contributed by atoms with E-state index in [1.807, 2.05) is 31.2 Å². The number of nitrogens with two attached hydrogens (primary N) is 1. The van der Waals surface area contributed by atoms with Crippen molar-refractivity contribution >= 4 is 46.4 Å². The maximum absolute atomic E-state index is 12.6. The van der Waals surface area contributed by atoms with E-state index >= 15 is 0 Å². The molecule has 3 rings (SSSR count). The van der Waals surface area contributed by atoms with Crippen molar-refractivity contribution in [2.75, 3.05) is 37.0 Å². The second kappa shape index (κ2) is 9.80. The third-order valence-corrected chi connectivity index (χ3v) is 4.98. The smallest absolute Gasteiger partial charge is 0.246 e. The van der Waals surface area contributed by atoms with Crippen LogP contribution in [0.4, 0.5) is 17.2 Å². The van der Waals surface area contributed by atoms with Gasteiger partial charge >= 0.3 is 0 Å². The van der Waals surface area contributed by atoms with Gasteiger partial charge in [0.1, 0.15) is 23.4 Å². The molecule has 0 fully saturated rings. The molecule has 0 aliphatic carbocycles. The van der Waals surface area contributed by atoms with Gasteiger partial charge in [-0.1, -0.05) is 6.07 Å². The highest BCUT2D eigenvalue weighted by Crippen LogP contribution is 2.30. The molecule has 0 atom stereocenters. The maximum atomic E-state index is 12.6. The number of aryl methyl sites for hydroxylation is 1. The summed E-state index contributed by atoms with van der Waals surface area (Å²) in [6.45, 7) is 2.79. The highest BCUT2D eigenvalue weighted by molar-refractivity contribution is 5.94. The van der Waals surface area contributed by atoms with Crippen LogP contribution in [0.1, 0.15) is 23.3 Å². The number of benzene rings is 1. The first-order valence-corrected chi connectivity index (χ1v) is 9.99. The zero-order valence-corrected chi connectivity index (χ0v) is 17.9. The van der Waals surface area contributed by atoms with Crippen molar-refractivity contribution in [1.82, 2.24) is 9.88 Å². The van der Waals surface area contributed by atoms with Crippen molar-refractivity contribution in [3.8, 4) is 0 Å². The number of carbonyl (C=O) groups is 2. The molecule has 0 saturated heterocycles. The van der Waals surface area contributed by atoms with Gasteiger partial charge in [-0.3, -0.25) is 4.79 Å². The average Bonchev–Trinajstić information content (AvgIpc) is 3.08. The molecule has 0 spiro atoms. The quantitative estimate of drug-likeness (QED) is 0.210. The van der Waals surface area contributed by atoms with Crippen molar-refractivity contribution in [3.63, 3.8) is 0 Å². The van der Waals surface area contributed by atoms with E-state index in [4.69, 9.17) is 10.2 Å². The molecule has 162 valence electrons. The Bertz CT molecular complexity index is 1120. The van der Waals surface area contributed by atoms with Gasteiger partial charge in [0.25, 0.3) is 0 Å². The highest BCUT2D eigenvalue weighted by atomic mass is 16.3. The lowest BCUT2D eigenvalue weighted by Crippen LogP contribution is -2.24. The van der Waals surface area contributed by atoms with Crippen LogP contribution in [0, 0.1) is 6.92 Å². The van der Waals surface area contributed by atoms with Crippen LogP contribution in [-0.2, 0) is 16.1 Å². The summed E-state index contributed by atoms with van der Waals surface area (Å²) in [6.07, 6.45) is 6.14. The van der Waals surface area contributed by atoms with Crippen molar-refractivity contribution < 1.29 is 14.0 Å². The number of nitrogen functional groups attached to an aromatic ring is 1. The fourth-order valence-corrected chi connectivity index (χ4v) is 3.29. The molecular weight excluding hydrogens is 394 g/mol. The van der Waals surface area contributed by atoms with Crippen LogP contribution >= 0.6 is 0 Å². The number of aldehydes is 1. The van der Waals surface area contributed by atoms with Crippen LogP contribution < -0.4 is 16.4 Å². The van der Waals surface area contributed by atoms with Crippen molar-refractivity contribution in [3.05, 3.63) is 53.4 Å². The number of hydrogen-bond donors (Lipinski definition) is 3. The van der Waals surface area contributed by atoms with E-state index in [-0.39, 0.29) is 5.91 Å². The van der Waals surface area contributed by atoms with E-state index in [0.29, 0.717) is 42.4 Å². The minimum atomic E-state index is -0.166. The van der Waals surface area contributed by atoms with E-state index in [9.17, 15) is 9.59 Å². The fraction of sp³-hybridized carbons (Fsp3) is 0.261. The molecule has 8 nitrogen and oxygen atoms in total. The van der Waals surface area contributed by atoms with E-state index in [1.54, 1.807) is 31.3 Å². The number of pyridine rings is 1. The zero-order chi connectivity index (χ0) is 22.4. The molecule has 0 radical (unpaired) electrons. The van der Waals surface area contributed by atoms with Crippen LogP contribution in [-0.4, -0.2) is 42.7 Å². The first-order valence-electron chi connectivity index (χ1n) is 9.99. The Hall–Kier alpha value is -3.81. The summed E-state index contributed by atoms with van der Waals surface area (Å²) in [4.78, 5) is 29.1. The standard InChI is InChI=1S/C23H27N5O3/c1-15-20(31-19-7-4-6-17(24)22(15)19)14-28(3)21(30)9-8-16-12-18(26-10-5-11-29)23(25-2)27-13-16/h4,6-9,11-13,26H,5,10,14,24H2,1-3H3,(H,25,27)/b9-8+. The van der Waals surface area contributed by atoms with Crippen LogP contribution in [0.15, 0.2) is 41.0 Å². The lowest BCUT2D eigenvalue weighted by atomic mass is 10.1. The van der Waals surface area contributed by atoms with Gasteiger partial charge in [-0.05, 0) is 36.8 Å². The Morgan fingerprint density at radius 3 is 2.87 bits per heavy atom. The molecule has 4 N–H and O–H groups in total. The summed E-state index contributed by atoms with van der Waals surface area (Å²) < 4.78 is 5.90. The molecule has 1 aromatic carbocycles. The van der Waals surface area contributed by atoms with Gasteiger partial charge < -0.3 is 30.5 Å². The number of aromatic nitrogens is 1. The van der Waals surface area contributed by atoms with Crippen molar-refractivity contribution in [2.45, 2.75) is 19.9 Å². The van der Waals surface area contributed by atoms with Crippen LogP contribution in [0.25, 0.3) is 17.0 Å². The second-order valence-electron chi connectivity index (χ2n) is 7.20. The molecule has 0 saturated carbocycles. The normalized spacial score (nSPS) is 11.1. The number of rotatable bonds is 9. The van der Waals surface area contributed by atoms with Crippen LogP contribution in [0.2, 0.25) is 0 Å². The molecule has 8 heteroatoms. The Morgan fingerprint density at radius 2 is 2.16 bits per heavy atom. The zero-order valence-electron chi connectivity index (χ0n) is 17.9. The summed E-state index contributed by atoms with van der Waals surface area (Å²) >= 11 is 0. The third kappa shape index (κ3) is 5.03. The number of anilines is 3. The Kier molecular flexibility index (Phi) is 6.92. The van der Waals surface area contributed by atoms with Crippen molar-refractivity contribution in [1.29, 1.82) is 0 Å². The molecule has 3 aromatic rings. The van der Waals surface area contributed by atoms with Gasteiger partial charge in [0.05, 0.1) is 12.2 Å². The minimum Gasteiger partial charge on any atom is -0.459 e. The molecule has 0 aliphatic rings. The van der Waals surface area contributed by atoms with E-state index in [2.05, 4.69) is 15.6 Å². The topological polar surface area (TPSA) is 113 Å². The summed E-state index contributed by atoms with van der Waals surface area (Å²) in [6, 6.07) is 7.42. The Balaban J connectivity index is 1.71. The van der Waals surface area contributed by atoms with Gasteiger partial charge in [0.2, 0.25) is 5.91 Å². The highest BCUT2D eigenvalue weighted by Gasteiger charge is 2.16. The van der Waals surface area contributed by atoms with Gasteiger partial charge in [0.15, 0.2) is 0 Å². The number of hydrogen-bond acceptors (Lipinski definition) is 7. The molecular formula is C23H27N5O3. The Morgan fingerprint density at radius 1 is 1.35 bits per heavy atom. The molecule has 0 aliphatic heterocycles. The number of furan rings is 1. The molecule has 0 unspecified atom stereocenters. The SMILES string of the molecule is CNc1ncc(/C=C/C(=O)N(C)Cc2oc3cccc(N)c3c2C)cc1NCCC=O. The number of nitrogens with one attached hydrogen (secondary N) is 2. The summed E-state index contributed by atoms with van der Waals surface area (Å²) in [5.41, 5.74) is 9.91. The van der Waals surface area contributed by atoms with E-state index < -0.39 is 0 Å². The summed E-state index contributed by atoms with van der Waals surface area (Å²) in [7, 11) is 3.49. The summed E-state index contributed by atoms with van der Waals surface area (Å²) in [5, 5.41) is 7.05. The average molecular weight is 422 g/mol. The van der Waals surface area contributed by atoms with E-state index in [0.717, 1.165) is 28.5 Å². The van der Waals surface area contributed by atoms with Gasteiger partial charge in [0, 0.05) is 56.0 Å². The molecule has 2 aromatic heterocycles. The molecule has 2 heterocycles. The number of fused-ring (bicyclic) bond motifs is 1. The van der Waals surface area contributed by atoms with Gasteiger partial charge in [-0.2, -0.15) is 0 Å². The van der Waals surface area contributed by atoms with Crippen molar-refractivity contribution in [2.24, 2.45) is 0 Å². The molecule has 31 heavy (non-hydrogen) atoms. The number of likely N-dealkylation sites (N-methyl/N-ethyl adjacent to an activating group) is 1. The molecule has 0 bridgehead atoms. The maximum Gasteiger partial charge on any atom is 0.246 e. The van der Waals surface area contributed by atoms with Gasteiger partial charge in [-0.15, -0.1) is 0 Å². The van der Waals surface area contributed by atoms with E-state index in [1.165, 1.54) is 6.08 Å². The number of amides is 1. The second-order valence-corrected chi connectivity index (χ2v) is 7.20. The monoisotopic (exact) mass is 421 g/mol. The predicted molar refractivity (Wildman–Crippen MR) is 124 cm³/mol. The first kappa shape index (κ1) is 21.9. The van der Waals surface area contributed by atoms with Gasteiger partial charge in [-0.25, -0.2) is 4.98 Å². The fourth-order valence-electron chi connectivity index (χ4n) is 3.29. The lowest BCUT2D eigenvalue weighted by Gasteiger charge is -2.14. The van der Waals surface area contributed by atoms with Crippen LogP contribution in [0.5, 0.6) is 0 Å². The van der Waals surface area contributed by atoms with Crippen LogP contribution in [0.3, 0.4) is 0 Å². The minimum absolute atomic E-state index is 0.166. The summed E-state index contributed by atoms with van der Waals surface area (Å²) in [5.74, 6) is 1.21. The lowest BCUT2D eigenvalue weighted by molar-refractivity contribution is -0.125. The number of carbonyl (C=O) groups excluding carboxylic acids is 2. The Labute approximate surface area is 181 Å². The predicted octanol–water partition coefficient (Wildman–Crippen LogP) is 3.43. The number of nitrogens with zero attached hydrogens (tertiary/aromatic N) is 2.